The highest BCUT2D eigenvalue weighted by Crippen LogP contribution is 2.29. The molecule has 8 heteroatoms. The van der Waals surface area contributed by atoms with Gasteiger partial charge in [-0.2, -0.15) is 5.10 Å². The van der Waals surface area contributed by atoms with E-state index < -0.39 is 11.7 Å². The molecular weight excluding hydrogens is 435 g/mol. The molecule has 0 saturated carbocycles. The van der Waals surface area contributed by atoms with E-state index in [1.165, 1.54) is 10.7 Å². The van der Waals surface area contributed by atoms with Gasteiger partial charge in [0.15, 0.2) is 5.82 Å². The van der Waals surface area contributed by atoms with Crippen LogP contribution < -0.4 is 10.1 Å². The summed E-state index contributed by atoms with van der Waals surface area (Å²) in [6, 6.07) is 17.4. The fourth-order valence-corrected chi connectivity index (χ4v) is 3.75. The molecule has 0 radical (unpaired) electrons. The summed E-state index contributed by atoms with van der Waals surface area (Å²) in [7, 11) is 0. The fraction of sp³-hybridized carbons (Fsp3) is 0.115. The first-order valence-electron chi connectivity index (χ1n) is 10.7. The molecule has 0 aliphatic heterocycles. The molecule has 1 N–H and O–H groups in total. The molecule has 0 atom stereocenters. The quantitative estimate of drug-likeness (QED) is 0.360. The van der Waals surface area contributed by atoms with Crippen molar-refractivity contribution in [2.24, 2.45) is 0 Å². The van der Waals surface area contributed by atoms with Crippen LogP contribution in [0.25, 0.3) is 16.5 Å². The standard InChI is InChI=1S/C26H21FN4O3/c1-16-22(17(2)34-30-16)15-33-25-13-19-7-4-3-6-18(19)12-21(25)26(32)29-20-8-9-24(23(27)14-20)31-11-5-10-28-31/h3-14H,15H2,1-2H3,(H,29,32). The van der Waals surface area contributed by atoms with Crippen molar-refractivity contribution in [3.8, 4) is 11.4 Å². The van der Waals surface area contributed by atoms with Crippen molar-refractivity contribution in [3.63, 3.8) is 0 Å². The minimum Gasteiger partial charge on any atom is -0.488 e. The number of carbonyl (C=O) groups is 1. The second-order valence-electron chi connectivity index (χ2n) is 7.86. The van der Waals surface area contributed by atoms with Crippen LogP contribution in [0.15, 0.2) is 77.6 Å². The van der Waals surface area contributed by atoms with Gasteiger partial charge in [0, 0.05) is 18.1 Å². The monoisotopic (exact) mass is 456 g/mol. The van der Waals surface area contributed by atoms with Crippen LogP contribution in [0.2, 0.25) is 0 Å². The van der Waals surface area contributed by atoms with Crippen LogP contribution in [0.4, 0.5) is 10.1 Å². The number of benzene rings is 3. The van der Waals surface area contributed by atoms with E-state index in [0.29, 0.717) is 22.8 Å². The highest BCUT2D eigenvalue weighted by molar-refractivity contribution is 6.08. The van der Waals surface area contributed by atoms with Crippen LogP contribution in [0.3, 0.4) is 0 Å². The van der Waals surface area contributed by atoms with Crippen LogP contribution in [0, 0.1) is 19.7 Å². The van der Waals surface area contributed by atoms with Crippen molar-refractivity contribution in [2.75, 3.05) is 5.32 Å². The number of ether oxygens (including phenoxy) is 1. The van der Waals surface area contributed by atoms with Gasteiger partial charge in [-0.15, -0.1) is 0 Å². The van der Waals surface area contributed by atoms with E-state index in [2.05, 4.69) is 15.6 Å². The lowest BCUT2D eigenvalue weighted by molar-refractivity contribution is 0.102. The second-order valence-corrected chi connectivity index (χ2v) is 7.86. The lowest BCUT2D eigenvalue weighted by Crippen LogP contribution is -2.14. The van der Waals surface area contributed by atoms with Gasteiger partial charge >= 0.3 is 0 Å². The van der Waals surface area contributed by atoms with Crippen LogP contribution in [-0.4, -0.2) is 20.8 Å². The zero-order valence-corrected chi connectivity index (χ0v) is 18.6. The molecule has 170 valence electrons. The number of aryl methyl sites for hydroxylation is 2. The molecule has 5 rings (SSSR count). The summed E-state index contributed by atoms with van der Waals surface area (Å²) in [5.74, 6) is 0.155. The lowest BCUT2D eigenvalue weighted by Gasteiger charge is -2.14. The molecule has 3 aromatic carbocycles. The minimum absolute atomic E-state index is 0.201. The summed E-state index contributed by atoms with van der Waals surface area (Å²) in [5.41, 5.74) is 2.51. The number of hydrogen-bond acceptors (Lipinski definition) is 5. The molecule has 2 aromatic heterocycles. The third-order valence-corrected chi connectivity index (χ3v) is 5.60. The van der Waals surface area contributed by atoms with E-state index in [-0.39, 0.29) is 12.3 Å². The lowest BCUT2D eigenvalue weighted by atomic mass is 10.0. The summed E-state index contributed by atoms with van der Waals surface area (Å²) in [6.07, 6.45) is 3.22. The second kappa shape index (κ2) is 8.82. The third-order valence-electron chi connectivity index (χ3n) is 5.60. The maximum atomic E-state index is 14.7. The molecule has 0 aliphatic rings. The Kier molecular flexibility index (Phi) is 5.55. The number of aromatic nitrogens is 3. The molecule has 5 aromatic rings. The largest absolute Gasteiger partial charge is 0.488 e. The molecule has 0 fully saturated rings. The van der Waals surface area contributed by atoms with Crippen molar-refractivity contribution in [1.29, 1.82) is 0 Å². The predicted octanol–water partition coefficient (Wildman–Crippen LogP) is 5.60. The van der Waals surface area contributed by atoms with Gasteiger partial charge in [0.25, 0.3) is 5.91 Å². The first kappa shape index (κ1) is 21.4. The normalized spacial score (nSPS) is 11.0. The van der Waals surface area contributed by atoms with Crippen LogP contribution in [0.1, 0.15) is 27.4 Å². The van der Waals surface area contributed by atoms with Crippen molar-refractivity contribution in [3.05, 3.63) is 101 Å². The molecule has 34 heavy (non-hydrogen) atoms. The number of rotatable bonds is 6. The first-order valence-corrected chi connectivity index (χ1v) is 10.7. The number of nitrogens with zero attached hydrogens (tertiary/aromatic N) is 3. The van der Waals surface area contributed by atoms with Crippen LogP contribution in [-0.2, 0) is 6.61 Å². The number of nitrogens with one attached hydrogen (secondary N) is 1. The molecule has 0 saturated heterocycles. The Morgan fingerprint density at radius 1 is 1.09 bits per heavy atom. The molecular formula is C26H21FN4O3. The first-order chi connectivity index (χ1) is 16.5. The Balaban J connectivity index is 1.45. The highest BCUT2D eigenvalue weighted by atomic mass is 19.1. The average Bonchev–Trinajstić information content (AvgIpc) is 3.47. The molecule has 0 unspecified atom stereocenters. The van der Waals surface area contributed by atoms with E-state index in [1.54, 1.807) is 36.7 Å². The number of carbonyl (C=O) groups excluding carboxylic acids is 1. The van der Waals surface area contributed by atoms with Crippen molar-refractivity contribution in [1.82, 2.24) is 14.9 Å². The van der Waals surface area contributed by atoms with Gasteiger partial charge in [-0.1, -0.05) is 29.4 Å². The topological polar surface area (TPSA) is 82.2 Å². The van der Waals surface area contributed by atoms with E-state index >= 15 is 0 Å². The summed E-state index contributed by atoms with van der Waals surface area (Å²) >= 11 is 0. The van der Waals surface area contributed by atoms with Gasteiger partial charge in [-0.3, -0.25) is 4.79 Å². The number of halogens is 1. The number of anilines is 1. The van der Waals surface area contributed by atoms with Gasteiger partial charge in [0.05, 0.1) is 16.8 Å². The van der Waals surface area contributed by atoms with Gasteiger partial charge in [0.1, 0.15) is 23.8 Å². The van der Waals surface area contributed by atoms with Crippen molar-refractivity contribution < 1.29 is 18.4 Å². The van der Waals surface area contributed by atoms with E-state index in [9.17, 15) is 9.18 Å². The molecule has 2 heterocycles. The minimum atomic E-state index is -0.505. The van der Waals surface area contributed by atoms with Gasteiger partial charge in [-0.05, 0) is 61.0 Å². The Labute approximate surface area is 194 Å². The zero-order valence-electron chi connectivity index (χ0n) is 18.6. The molecule has 0 spiro atoms. The van der Waals surface area contributed by atoms with E-state index in [1.807, 2.05) is 44.2 Å². The molecule has 0 aliphatic carbocycles. The van der Waals surface area contributed by atoms with Crippen molar-refractivity contribution in [2.45, 2.75) is 20.5 Å². The van der Waals surface area contributed by atoms with E-state index in [0.717, 1.165) is 22.0 Å². The Morgan fingerprint density at radius 2 is 1.88 bits per heavy atom. The highest BCUT2D eigenvalue weighted by Gasteiger charge is 2.18. The number of fused-ring (bicyclic) bond motifs is 1. The summed E-state index contributed by atoms with van der Waals surface area (Å²) in [6.45, 7) is 3.85. The molecule has 1 amide bonds. The SMILES string of the molecule is Cc1noc(C)c1COc1cc2ccccc2cc1C(=O)Nc1ccc(-n2cccn2)c(F)c1. The van der Waals surface area contributed by atoms with E-state index in [4.69, 9.17) is 9.26 Å². The predicted molar refractivity (Wildman–Crippen MR) is 126 cm³/mol. The Morgan fingerprint density at radius 3 is 2.56 bits per heavy atom. The number of amides is 1. The smallest absolute Gasteiger partial charge is 0.259 e. The Hall–Kier alpha value is -4.46. The third kappa shape index (κ3) is 4.13. The van der Waals surface area contributed by atoms with Crippen LogP contribution >= 0.6 is 0 Å². The van der Waals surface area contributed by atoms with Crippen molar-refractivity contribution >= 4 is 22.4 Å². The molecule has 7 nitrogen and oxygen atoms in total. The summed E-state index contributed by atoms with van der Waals surface area (Å²) in [5, 5.41) is 12.6. The van der Waals surface area contributed by atoms with Gasteiger partial charge in [0.2, 0.25) is 0 Å². The molecule has 0 bridgehead atoms. The maximum Gasteiger partial charge on any atom is 0.259 e. The zero-order chi connectivity index (χ0) is 23.7. The van der Waals surface area contributed by atoms with Gasteiger partial charge < -0.3 is 14.6 Å². The maximum absolute atomic E-state index is 14.7. The fourth-order valence-electron chi connectivity index (χ4n) is 3.75. The Bertz CT molecular complexity index is 1470. The summed E-state index contributed by atoms with van der Waals surface area (Å²) < 4.78 is 27.3. The number of hydrogen-bond donors (Lipinski definition) is 1. The van der Waals surface area contributed by atoms with Gasteiger partial charge in [-0.25, -0.2) is 9.07 Å². The van der Waals surface area contributed by atoms with Crippen LogP contribution in [0.5, 0.6) is 5.75 Å². The average molecular weight is 456 g/mol. The summed E-state index contributed by atoms with van der Waals surface area (Å²) in [4.78, 5) is 13.2.